The average Bonchev–Trinajstić information content (AvgIpc) is 2.83. The number of rotatable bonds is 6. The molecule has 188 valence electrons. The van der Waals surface area contributed by atoms with Gasteiger partial charge in [-0.15, -0.1) is 0 Å². The lowest BCUT2D eigenvalue weighted by Gasteiger charge is -2.36. The van der Waals surface area contributed by atoms with Gasteiger partial charge in [0.15, 0.2) is 0 Å². The van der Waals surface area contributed by atoms with Crippen LogP contribution < -0.4 is 15.5 Å². The molecule has 2 aromatic rings. The zero-order chi connectivity index (χ0) is 25.8. The lowest BCUT2D eigenvalue weighted by atomic mass is 10.1. The third kappa shape index (κ3) is 6.40. The van der Waals surface area contributed by atoms with E-state index in [0.29, 0.717) is 18.2 Å². The van der Waals surface area contributed by atoms with Gasteiger partial charge in [-0.05, 0) is 36.8 Å². The van der Waals surface area contributed by atoms with E-state index in [1.807, 2.05) is 6.92 Å². The van der Waals surface area contributed by atoms with Crippen molar-refractivity contribution < 1.29 is 27.7 Å². The van der Waals surface area contributed by atoms with Crippen LogP contribution >= 0.6 is 0 Å². The number of amides is 3. The smallest absolute Gasteiger partial charge is 0.362 e. The van der Waals surface area contributed by atoms with Crippen molar-refractivity contribution in [1.82, 2.24) is 10.2 Å². The minimum atomic E-state index is -4.68. The Morgan fingerprint density at radius 2 is 1.71 bits per heavy atom. The van der Waals surface area contributed by atoms with E-state index < -0.39 is 22.4 Å². The summed E-state index contributed by atoms with van der Waals surface area (Å²) in [6.07, 6.45) is -4.31. The van der Waals surface area contributed by atoms with Crippen molar-refractivity contribution in [3.05, 3.63) is 63.7 Å². The molecule has 0 bridgehead atoms. The van der Waals surface area contributed by atoms with Gasteiger partial charge < -0.3 is 20.4 Å². The van der Waals surface area contributed by atoms with Crippen LogP contribution in [0.4, 0.5) is 35.0 Å². The molecule has 1 unspecified atom stereocenters. The Morgan fingerprint density at radius 3 is 2.26 bits per heavy atom. The number of nitrogens with zero attached hydrogens (tertiary/aromatic N) is 3. The number of nitrogens with one attached hydrogen (secondary N) is 2. The average molecular weight is 493 g/mol. The molecule has 9 nitrogen and oxygen atoms in total. The largest absolute Gasteiger partial charge is 0.416 e. The standard InChI is InChI=1S/C23H26F3N5O4/c1-3-21(32)28-18-7-4-16(5-8-18)15(2)27-22(33)30-12-10-29(11-13-30)19-9-6-17(23(24,25)26)14-20(19)31(34)35/h4-9,14-15H,3,10-13H2,1-2H3,(H,27,33)(H,28,32). The van der Waals surface area contributed by atoms with E-state index in [9.17, 15) is 32.9 Å². The van der Waals surface area contributed by atoms with Crippen molar-refractivity contribution in [2.24, 2.45) is 0 Å². The molecule has 2 aromatic carbocycles. The van der Waals surface area contributed by atoms with Gasteiger partial charge in [-0.3, -0.25) is 14.9 Å². The summed E-state index contributed by atoms with van der Waals surface area (Å²) in [5.41, 5.74) is -0.114. The van der Waals surface area contributed by atoms with E-state index in [0.717, 1.165) is 17.7 Å². The first-order chi connectivity index (χ1) is 16.5. The Balaban J connectivity index is 1.59. The maximum absolute atomic E-state index is 13.0. The Morgan fingerprint density at radius 1 is 1.09 bits per heavy atom. The number of urea groups is 1. The molecule has 3 amide bonds. The van der Waals surface area contributed by atoms with Crippen LogP contribution in [0.25, 0.3) is 0 Å². The Kier molecular flexibility index (Phi) is 7.82. The maximum atomic E-state index is 13.0. The predicted molar refractivity (Wildman–Crippen MR) is 124 cm³/mol. The Hall–Kier alpha value is -3.83. The zero-order valence-corrected chi connectivity index (χ0v) is 19.3. The highest BCUT2D eigenvalue weighted by molar-refractivity contribution is 5.90. The number of nitro groups is 1. The summed E-state index contributed by atoms with van der Waals surface area (Å²) in [5.74, 6) is -0.0973. The van der Waals surface area contributed by atoms with E-state index in [-0.39, 0.29) is 49.8 Å². The fraction of sp³-hybridized carbons (Fsp3) is 0.391. The number of carbonyl (C=O) groups is 2. The van der Waals surface area contributed by atoms with Crippen molar-refractivity contribution >= 4 is 29.0 Å². The molecule has 0 aromatic heterocycles. The molecule has 1 saturated heterocycles. The van der Waals surface area contributed by atoms with Crippen molar-refractivity contribution in [3.8, 4) is 0 Å². The molecule has 35 heavy (non-hydrogen) atoms. The normalized spacial score (nSPS) is 14.9. The summed E-state index contributed by atoms with van der Waals surface area (Å²) < 4.78 is 38.9. The molecule has 0 saturated carbocycles. The fourth-order valence-corrected chi connectivity index (χ4v) is 3.73. The van der Waals surface area contributed by atoms with Gasteiger partial charge >= 0.3 is 12.2 Å². The van der Waals surface area contributed by atoms with Gasteiger partial charge in [-0.1, -0.05) is 19.1 Å². The first kappa shape index (κ1) is 25.8. The summed E-state index contributed by atoms with van der Waals surface area (Å²) in [6, 6.07) is 8.94. The van der Waals surface area contributed by atoms with Crippen LogP contribution in [0.3, 0.4) is 0 Å². The van der Waals surface area contributed by atoms with Crippen LogP contribution in [0.2, 0.25) is 0 Å². The molecule has 1 atom stereocenters. The number of nitro benzene ring substituents is 1. The summed E-state index contributed by atoms with van der Waals surface area (Å²) in [6.45, 7) is 4.54. The van der Waals surface area contributed by atoms with Crippen molar-refractivity contribution in [1.29, 1.82) is 0 Å². The number of piperazine rings is 1. The van der Waals surface area contributed by atoms with Crippen LogP contribution in [0, 0.1) is 10.1 Å². The predicted octanol–water partition coefficient (Wildman–Crippen LogP) is 4.55. The zero-order valence-electron chi connectivity index (χ0n) is 19.3. The number of benzene rings is 2. The fourth-order valence-electron chi connectivity index (χ4n) is 3.73. The third-order valence-electron chi connectivity index (χ3n) is 5.76. The minimum Gasteiger partial charge on any atom is -0.362 e. The quantitative estimate of drug-likeness (QED) is 0.453. The molecular weight excluding hydrogens is 467 g/mol. The highest BCUT2D eigenvalue weighted by Crippen LogP contribution is 2.36. The molecular formula is C23H26F3N5O4. The number of hydrogen-bond donors (Lipinski definition) is 2. The highest BCUT2D eigenvalue weighted by atomic mass is 19.4. The topological polar surface area (TPSA) is 108 Å². The van der Waals surface area contributed by atoms with Gasteiger partial charge in [0.25, 0.3) is 5.69 Å². The highest BCUT2D eigenvalue weighted by Gasteiger charge is 2.34. The van der Waals surface area contributed by atoms with E-state index in [1.165, 1.54) is 0 Å². The first-order valence-corrected chi connectivity index (χ1v) is 11.1. The molecule has 0 radical (unpaired) electrons. The third-order valence-corrected chi connectivity index (χ3v) is 5.76. The molecule has 2 N–H and O–H groups in total. The van der Waals surface area contributed by atoms with Gasteiger partial charge in [0.1, 0.15) is 5.69 Å². The number of halogens is 3. The van der Waals surface area contributed by atoms with Crippen LogP contribution in [-0.2, 0) is 11.0 Å². The van der Waals surface area contributed by atoms with E-state index in [2.05, 4.69) is 10.6 Å². The molecule has 0 spiro atoms. The maximum Gasteiger partial charge on any atom is 0.416 e. The lowest BCUT2D eigenvalue weighted by Crippen LogP contribution is -2.52. The van der Waals surface area contributed by atoms with Gasteiger partial charge in [0, 0.05) is 44.4 Å². The Labute approximate surface area is 200 Å². The summed E-state index contributed by atoms with van der Waals surface area (Å²) in [4.78, 5) is 37.9. The van der Waals surface area contributed by atoms with Gasteiger partial charge in [-0.25, -0.2) is 4.79 Å². The monoisotopic (exact) mass is 493 g/mol. The minimum absolute atomic E-state index is 0.0895. The van der Waals surface area contributed by atoms with Crippen molar-refractivity contribution in [2.45, 2.75) is 32.5 Å². The lowest BCUT2D eigenvalue weighted by molar-refractivity contribution is -0.384. The number of carbonyl (C=O) groups excluding carboxylic acids is 2. The molecule has 0 aliphatic carbocycles. The molecule has 1 aliphatic rings. The summed E-state index contributed by atoms with van der Waals surface area (Å²) in [7, 11) is 0. The van der Waals surface area contributed by atoms with Crippen molar-refractivity contribution in [3.63, 3.8) is 0 Å². The molecule has 1 fully saturated rings. The van der Waals surface area contributed by atoms with Gasteiger partial charge in [-0.2, -0.15) is 13.2 Å². The van der Waals surface area contributed by atoms with Crippen LogP contribution in [0.5, 0.6) is 0 Å². The summed E-state index contributed by atoms with van der Waals surface area (Å²) in [5, 5.41) is 17.0. The second-order valence-corrected chi connectivity index (χ2v) is 8.13. The van der Waals surface area contributed by atoms with E-state index >= 15 is 0 Å². The van der Waals surface area contributed by atoms with Gasteiger partial charge in [0.05, 0.1) is 16.5 Å². The second-order valence-electron chi connectivity index (χ2n) is 8.13. The van der Waals surface area contributed by atoms with Crippen molar-refractivity contribution in [2.75, 3.05) is 36.4 Å². The molecule has 3 rings (SSSR count). The number of anilines is 2. The molecule has 1 aliphatic heterocycles. The van der Waals surface area contributed by atoms with Gasteiger partial charge in [0.2, 0.25) is 5.91 Å². The SMILES string of the molecule is CCC(=O)Nc1ccc(C(C)NC(=O)N2CCN(c3ccc(C(F)(F)F)cc3[N+](=O)[O-])CC2)cc1. The molecule has 12 heteroatoms. The molecule has 1 heterocycles. The van der Waals surface area contributed by atoms with E-state index in [4.69, 9.17) is 0 Å². The Bertz CT molecular complexity index is 1080. The number of alkyl halides is 3. The van der Waals surface area contributed by atoms with Crippen LogP contribution in [0.15, 0.2) is 42.5 Å². The summed E-state index contributed by atoms with van der Waals surface area (Å²) >= 11 is 0. The number of hydrogen-bond acceptors (Lipinski definition) is 5. The first-order valence-electron chi connectivity index (χ1n) is 11.1. The van der Waals surface area contributed by atoms with Crippen LogP contribution in [0.1, 0.15) is 37.4 Å². The van der Waals surface area contributed by atoms with E-state index in [1.54, 1.807) is 41.0 Å². The van der Waals surface area contributed by atoms with Crippen LogP contribution in [-0.4, -0.2) is 47.9 Å². The second kappa shape index (κ2) is 10.6.